The van der Waals surface area contributed by atoms with Crippen molar-refractivity contribution >= 4 is 34.1 Å². The number of hydrogen-bond acceptors (Lipinski definition) is 5. The highest BCUT2D eigenvalue weighted by atomic mass is 14.9. The standard InChI is InChI=1S/C13H17N5/c1-7-4-12(17)13(6-10(7)15)18-8-2-3-9(14)11(16)5-8/h2-6,18H,14-17H2,1H3. The number of rotatable bonds is 2. The van der Waals surface area contributed by atoms with Crippen LogP contribution in [0.4, 0.5) is 34.1 Å². The Kier molecular flexibility index (Phi) is 2.89. The minimum absolute atomic E-state index is 0.527. The van der Waals surface area contributed by atoms with E-state index in [0.717, 1.165) is 16.9 Å². The first-order chi connectivity index (χ1) is 8.47. The zero-order valence-electron chi connectivity index (χ0n) is 10.2. The molecule has 0 fully saturated rings. The Morgan fingerprint density at radius 2 is 1.50 bits per heavy atom. The third-order valence-electron chi connectivity index (χ3n) is 2.80. The van der Waals surface area contributed by atoms with Gasteiger partial charge in [-0.25, -0.2) is 0 Å². The minimum atomic E-state index is 0.527. The fraction of sp³-hybridized carbons (Fsp3) is 0.0769. The summed E-state index contributed by atoms with van der Waals surface area (Å²) in [7, 11) is 0. The Morgan fingerprint density at radius 3 is 2.17 bits per heavy atom. The van der Waals surface area contributed by atoms with Crippen LogP contribution in [0.3, 0.4) is 0 Å². The Bertz CT molecular complexity index is 592. The van der Waals surface area contributed by atoms with Crippen LogP contribution in [0.15, 0.2) is 30.3 Å². The molecular weight excluding hydrogens is 226 g/mol. The van der Waals surface area contributed by atoms with Gasteiger partial charge in [-0.2, -0.15) is 0 Å². The van der Waals surface area contributed by atoms with Crippen molar-refractivity contribution in [2.75, 3.05) is 28.3 Å². The van der Waals surface area contributed by atoms with Gasteiger partial charge in [-0.05, 0) is 42.8 Å². The average molecular weight is 243 g/mol. The van der Waals surface area contributed by atoms with Crippen molar-refractivity contribution in [1.29, 1.82) is 0 Å². The predicted octanol–water partition coefficient (Wildman–Crippen LogP) is 2.07. The van der Waals surface area contributed by atoms with Gasteiger partial charge in [-0.3, -0.25) is 0 Å². The first-order valence-corrected chi connectivity index (χ1v) is 5.55. The summed E-state index contributed by atoms with van der Waals surface area (Å²) in [5.41, 5.74) is 28.1. The summed E-state index contributed by atoms with van der Waals surface area (Å²) < 4.78 is 0. The van der Waals surface area contributed by atoms with Gasteiger partial charge in [-0.1, -0.05) is 0 Å². The van der Waals surface area contributed by atoms with Crippen molar-refractivity contribution in [2.24, 2.45) is 0 Å². The van der Waals surface area contributed by atoms with Gasteiger partial charge in [-0.15, -0.1) is 0 Å². The Labute approximate surface area is 106 Å². The molecule has 0 unspecified atom stereocenters. The summed E-state index contributed by atoms with van der Waals surface area (Å²) in [5, 5.41) is 3.17. The highest BCUT2D eigenvalue weighted by molar-refractivity contribution is 5.80. The van der Waals surface area contributed by atoms with E-state index in [1.807, 2.05) is 19.1 Å². The molecule has 2 aromatic rings. The maximum absolute atomic E-state index is 5.93. The van der Waals surface area contributed by atoms with E-state index in [1.165, 1.54) is 0 Å². The molecule has 0 atom stereocenters. The molecule has 0 saturated carbocycles. The van der Waals surface area contributed by atoms with Crippen molar-refractivity contribution in [3.05, 3.63) is 35.9 Å². The van der Waals surface area contributed by atoms with Crippen molar-refractivity contribution < 1.29 is 0 Å². The normalized spacial score (nSPS) is 10.3. The molecule has 5 nitrogen and oxygen atoms in total. The molecule has 0 aliphatic carbocycles. The second-order valence-electron chi connectivity index (χ2n) is 4.26. The highest BCUT2D eigenvalue weighted by Gasteiger charge is 2.04. The number of benzene rings is 2. The van der Waals surface area contributed by atoms with Crippen LogP contribution in [-0.2, 0) is 0 Å². The SMILES string of the molecule is Cc1cc(N)c(Nc2ccc(N)c(N)c2)cc1N. The lowest BCUT2D eigenvalue weighted by Crippen LogP contribution is -2.01. The van der Waals surface area contributed by atoms with Gasteiger partial charge in [0, 0.05) is 11.4 Å². The van der Waals surface area contributed by atoms with Crippen LogP contribution in [0, 0.1) is 6.92 Å². The van der Waals surface area contributed by atoms with Crippen LogP contribution in [0.5, 0.6) is 0 Å². The van der Waals surface area contributed by atoms with Crippen LogP contribution in [0.2, 0.25) is 0 Å². The summed E-state index contributed by atoms with van der Waals surface area (Å²) in [6.07, 6.45) is 0. The number of aryl methyl sites for hydroxylation is 1. The number of anilines is 6. The van der Waals surface area contributed by atoms with Crippen LogP contribution < -0.4 is 28.3 Å². The smallest absolute Gasteiger partial charge is 0.0638 e. The maximum atomic E-state index is 5.93. The fourth-order valence-corrected chi connectivity index (χ4v) is 1.66. The van der Waals surface area contributed by atoms with Gasteiger partial charge >= 0.3 is 0 Å². The van der Waals surface area contributed by atoms with Gasteiger partial charge in [0.1, 0.15) is 0 Å². The maximum Gasteiger partial charge on any atom is 0.0638 e. The van der Waals surface area contributed by atoms with Gasteiger partial charge in [0.05, 0.1) is 22.7 Å². The number of hydrogen-bond donors (Lipinski definition) is 5. The van der Waals surface area contributed by atoms with E-state index in [4.69, 9.17) is 22.9 Å². The Morgan fingerprint density at radius 1 is 0.778 bits per heavy atom. The predicted molar refractivity (Wildman–Crippen MR) is 78.6 cm³/mol. The van der Waals surface area contributed by atoms with Crippen molar-refractivity contribution in [2.45, 2.75) is 6.92 Å². The van der Waals surface area contributed by atoms with Crippen molar-refractivity contribution in [3.63, 3.8) is 0 Å². The van der Waals surface area contributed by atoms with Gasteiger partial charge < -0.3 is 28.3 Å². The molecule has 0 heterocycles. The average Bonchev–Trinajstić information content (AvgIpc) is 2.31. The first kappa shape index (κ1) is 11.9. The van der Waals surface area contributed by atoms with Crippen LogP contribution in [0.25, 0.3) is 0 Å². The third kappa shape index (κ3) is 2.24. The van der Waals surface area contributed by atoms with E-state index in [9.17, 15) is 0 Å². The monoisotopic (exact) mass is 243 g/mol. The second kappa shape index (κ2) is 4.37. The van der Waals surface area contributed by atoms with Crippen molar-refractivity contribution in [1.82, 2.24) is 0 Å². The van der Waals surface area contributed by atoms with E-state index in [2.05, 4.69) is 5.32 Å². The molecule has 2 aromatic carbocycles. The van der Waals surface area contributed by atoms with Crippen molar-refractivity contribution in [3.8, 4) is 0 Å². The van der Waals surface area contributed by atoms with E-state index < -0.39 is 0 Å². The molecule has 0 radical (unpaired) electrons. The van der Waals surface area contributed by atoms with Crippen LogP contribution >= 0.6 is 0 Å². The summed E-state index contributed by atoms with van der Waals surface area (Å²) in [6, 6.07) is 8.97. The molecule has 9 N–H and O–H groups in total. The van der Waals surface area contributed by atoms with E-state index in [-0.39, 0.29) is 0 Å². The second-order valence-corrected chi connectivity index (χ2v) is 4.26. The van der Waals surface area contributed by atoms with Crippen LogP contribution in [-0.4, -0.2) is 0 Å². The lowest BCUT2D eigenvalue weighted by Gasteiger charge is -2.13. The Balaban J connectivity index is 2.34. The van der Waals surface area contributed by atoms with Gasteiger partial charge in [0.25, 0.3) is 0 Å². The molecule has 0 saturated heterocycles. The highest BCUT2D eigenvalue weighted by Crippen LogP contribution is 2.29. The first-order valence-electron chi connectivity index (χ1n) is 5.55. The molecule has 0 amide bonds. The molecule has 5 heteroatoms. The van der Waals surface area contributed by atoms with Gasteiger partial charge in [0.2, 0.25) is 0 Å². The summed E-state index contributed by atoms with van der Waals surface area (Å²) in [4.78, 5) is 0. The van der Waals surface area contributed by atoms with E-state index in [0.29, 0.717) is 22.7 Å². The minimum Gasteiger partial charge on any atom is -0.398 e. The topological polar surface area (TPSA) is 116 Å². The summed E-state index contributed by atoms with van der Waals surface area (Å²) >= 11 is 0. The lowest BCUT2D eigenvalue weighted by atomic mass is 10.1. The van der Waals surface area contributed by atoms with E-state index >= 15 is 0 Å². The molecule has 0 spiro atoms. The molecule has 18 heavy (non-hydrogen) atoms. The fourth-order valence-electron chi connectivity index (χ4n) is 1.66. The molecule has 0 aliphatic heterocycles. The largest absolute Gasteiger partial charge is 0.398 e. The molecule has 0 aromatic heterocycles. The quantitative estimate of drug-likeness (QED) is 0.518. The van der Waals surface area contributed by atoms with Gasteiger partial charge in [0.15, 0.2) is 0 Å². The summed E-state index contributed by atoms with van der Waals surface area (Å²) in [5.74, 6) is 0. The molecule has 94 valence electrons. The van der Waals surface area contributed by atoms with E-state index in [1.54, 1.807) is 18.2 Å². The third-order valence-corrected chi connectivity index (χ3v) is 2.80. The summed E-state index contributed by atoms with van der Waals surface area (Å²) in [6.45, 7) is 1.91. The zero-order valence-corrected chi connectivity index (χ0v) is 10.2. The van der Waals surface area contributed by atoms with Crippen LogP contribution in [0.1, 0.15) is 5.56 Å². The number of nitrogens with two attached hydrogens (primary N) is 4. The molecule has 0 aliphatic rings. The number of nitrogen functional groups attached to an aromatic ring is 4. The molecular formula is C13H17N5. The molecule has 0 bridgehead atoms. The molecule has 2 rings (SSSR count). The lowest BCUT2D eigenvalue weighted by molar-refractivity contribution is 1.45. The Hall–Kier alpha value is -2.56. The number of nitrogens with one attached hydrogen (secondary N) is 1. The zero-order chi connectivity index (χ0) is 13.3.